The second kappa shape index (κ2) is 64.9. The Morgan fingerprint density at radius 3 is 0.966 bits per heavy atom. The predicted octanol–water partition coefficient (Wildman–Crippen LogP) is 19.4. The monoisotopic (exact) mass is 1240 g/mol. The van der Waals surface area contributed by atoms with E-state index in [1.807, 2.05) is 0 Å². The molecule has 9 atom stereocenters. The first-order valence-corrected chi connectivity index (χ1v) is 38.6. The molecule has 1 saturated heterocycles. The smallest absolute Gasteiger partial charge is 0.249 e. The van der Waals surface area contributed by atoms with E-state index in [4.69, 9.17) is 9.47 Å². The summed E-state index contributed by atoms with van der Waals surface area (Å²) in [6.45, 7) is 3.53. The highest BCUT2D eigenvalue weighted by atomic mass is 16.7. The lowest BCUT2D eigenvalue weighted by molar-refractivity contribution is -0.303. The van der Waals surface area contributed by atoms with Crippen molar-refractivity contribution in [3.8, 4) is 0 Å². The van der Waals surface area contributed by atoms with Crippen molar-refractivity contribution in [3.63, 3.8) is 0 Å². The maximum Gasteiger partial charge on any atom is 0.249 e. The average Bonchev–Trinajstić information content (AvgIpc) is 2.18. The van der Waals surface area contributed by atoms with Gasteiger partial charge >= 0.3 is 0 Å². The molecule has 1 fully saturated rings. The van der Waals surface area contributed by atoms with E-state index in [1.165, 1.54) is 321 Å². The number of ether oxygens (including phenoxy) is 2. The first kappa shape index (κ1) is 83.9. The van der Waals surface area contributed by atoms with Gasteiger partial charge in [-0.3, -0.25) is 4.79 Å². The molecule has 0 spiro atoms. The summed E-state index contributed by atoms with van der Waals surface area (Å²) in [5, 5.41) is 76.7. The molecule has 11 nitrogen and oxygen atoms in total. The van der Waals surface area contributed by atoms with Gasteiger partial charge in [-0.05, 0) is 38.5 Å². The van der Waals surface area contributed by atoms with Gasteiger partial charge in [-0.1, -0.05) is 373 Å². The third-order valence-electron chi connectivity index (χ3n) is 19.1. The van der Waals surface area contributed by atoms with Gasteiger partial charge in [0, 0.05) is 0 Å². The van der Waals surface area contributed by atoms with Crippen molar-refractivity contribution in [2.75, 3.05) is 13.2 Å². The number of nitrogens with one attached hydrogen (secondary N) is 1. The van der Waals surface area contributed by atoms with E-state index in [0.717, 1.165) is 38.5 Å². The van der Waals surface area contributed by atoms with Gasteiger partial charge in [0.25, 0.3) is 0 Å². The minimum absolute atomic E-state index is 0.265. The number of amides is 1. The Morgan fingerprint density at radius 1 is 0.391 bits per heavy atom. The van der Waals surface area contributed by atoms with Crippen molar-refractivity contribution in [3.05, 3.63) is 12.2 Å². The highest BCUT2D eigenvalue weighted by Gasteiger charge is 2.44. The molecule has 518 valence electrons. The van der Waals surface area contributed by atoms with Crippen molar-refractivity contribution in [1.82, 2.24) is 5.32 Å². The number of hydrogen-bond acceptors (Lipinski definition) is 10. The molecule has 0 radical (unpaired) electrons. The largest absolute Gasteiger partial charge is 0.394 e. The zero-order valence-corrected chi connectivity index (χ0v) is 57.5. The molecule has 1 rings (SSSR count). The van der Waals surface area contributed by atoms with Gasteiger partial charge in [0.15, 0.2) is 6.29 Å². The summed E-state index contributed by atoms with van der Waals surface area (Å²) in [6.07, 6.45) is 70.3. The molecule has 0 aromatic heterocycles. The van der Waals surface area contributed by atoms with Crippen LogP contribution in [0.15, 0.2) is 12.2 Å². The fourth-order valence-electron chi connectivity index (χ4n) is 12.9. The molecule has 1 heterocycles. The van der Waals surface area contributed by atoms with Gasteiger partial charge in [0.05, 0.1) is 25.4 Å². The minimum Gasteiger partial charge on any atom is -0.394 e. The van der Waals surface area contributed by atoms with Crippen molar-refractivity contribution < 1.29 is 50.0 Å². The third kappa shape index (κ3) is 52.0. The molecule has 87 heavy (non-hydrogen) atoms. The van der Waals surface area contributed by atoms with E-state index in [9.17, 15) is 40.5 Å². The number of aliphatic hydroxyl groups excluding tert-OH is 7. The van der Waals surface area contributed by atoms with Crippen LogP contribution >= 0.6 is 0 Å². The number of carbonyl (C=O) groups is 1. The topological polar surface area (TPSA) is 189 Å². The number of aliphatic hydroxyl groups is 7. The standard InChI is InChI=1S/C76H149NO10/c1-3-5-7-9-11-13-15-17-19-21-23-25-27-29-31-33-34-36-38-40-42-44-46-48-50-52-54-56-58-60-62-64-69(80)75(85)77-67(66-86-76-74(84)73(83)72(82)70(65-78)87-76)71(81)68(79)63-61-59-57-55-53-51-49-47-45-43-41-39-37-35-32-30-28-26-24-22-20-18-16-14-12-10-8-6-4-2/h29,31,67-74,76,78-84H,3-28,30,32-66H2,1-2H3,(H,77,85)/b31-29-. The van der Waals surface area contributed by atoms with Gasteiger partial charge < -0.3 is 50.5 Å². The number of carbonyl (C=O) groups excluding carboxylic acids is 1. The summed E-state index contributed by atoms with van der Waals surface area (Å²) < 4.78 is 11.2. The molecule has 0 saturated carbocycles. The second-order valence-electron chi connectivity index (χ2n) is 27.4. The van der Waals surface area contributed by atoms with Crippen LogP contribution in [-0.4, -0.2) is 110 Å². The molecule has 0 aliphatic carbocycles. The molecule has 1 aliphatic rings. The Bertz CT molecular complexity index is 1420. The fraction of sp³-hybridized carbons (Fsp3) is 0.961. The van der Waals surface area contributed by atoms with Crippen LogP contribution in [-0.2, 0) is 14.3 Å². The average molecular weight is 1240 g/mol. The SMILES string of the molecule is CCCCCCCCCCCCCC/C=C\CCCCCCCCCCCCCCCCCC(O)C(=O)NC(COC1OC(CO)C(O)C(O)C1O)C(O)C(O)CCCCCCCCCCCCCCCCCCCCCCCCCCCCCCC. The fourth-order valence-corrected chi connectivity index (χ4v) is 12.9. The van der Waals surface area contributed by atoms with Crippen LogP contribution in [0.2, 0.25) is 0 Å². The lowest BCUT2D eigenvalue weighted by atomic mass is 9.98. The first-order valence-electron chi connectivity index (χ1n) is 38.6. The Labute approximate surface area is 538 Å². The molecule has 1 aliphatic heterocycles. The van der Waals surface area contributed by atoms with Crippen LogP contribution in [0.1, 0.15) is 399 Å². The van der Waals surface area contributed by atoms with Crippen molar-refractivity contribution in [2.45, 2.75) is 454 Å². The van der Waals surface area contributed by atoms with Crippen LogP contribution in [0.5, 0.6) is 0 Å². The molecule has 8 N–H and O–H groups in total. The number of allylic oxidation sites excluding steroid dienone is 2. The zero-order chi connectivity index (χ0) is 63.1. The summed E-state index contributed by atoms with van der Waals surface area (Å²) in [4.78, 5) is 13.3. The van der Waals surface area contributed by atoms with Gasteiger partial charge in [0.1, 0.15) is 36.6 Å². The number of rotatable bonds is 69. The maximum atomic E-state index is 13.3. The minimum atomic E-state index is -1.66. The highest BCUT2D eigenvalue weighted by Crippen LogP contribution is 2.24. The predicted molar refractivity (Wildman–Crippen MR) is 367 cm³/mol. The van der Waals surface area contributed by atoms with E-state index in [0.29, 0.717) is 19.3 Å². The van der Waals surface area contributed by atoms with Crippen LogP contribution in [0.25, 0.3) is 0 Å². The Hall–Kier alpha value is -1.15. The summed E-state index contributed by atoms with van der Waals surface area (Å²) in [6, 6.07) is -1.17. The lowest BCUT2D eigenvalue weighted by Gasteiger charge is -2.40. The van der Waals surface area contributed by atoms with Gasteiger partial charge in [-0.25, -0.2) is 0 Å². The molecular weight excluding hydrogens is 1090 g/mol. The Kier molecular flexibility index (Phi) is 62.6. The van der Waals surface area contributed by atoms with E-state index in [1.54, 1.807) is 0 Å². The summed E-state index contributed by atoms with van der Waals surface area (Å²) in [5.41, 5.74) is 0. The Balaban J connectivity index is 2.15. The van der Waals surface area contributed by atoms with Crippen molar-refractivity contribution in [1.29, 1.82) is 0 Å². The summed E-state index contributed by atoms with van der Waals surface area (Å²) in [7, 11) is 0. The highest BCUT2D eigenvalue weighted by molar-refractivity contribution is 5.80. The first-order chi connectivity index (χ1) is 42.7. The van der Waals surface area contributed by atoms with Crippen LogP contribution in [0, 0.1) is 0 Å². The number of hydrogen-bond donors (Lipinski definition) is 8. The molecule has 11 heteroatoms. The third-order valence-corrected chi connectivity index (χ3v) is 19.1. The van der Waals surface area contributed by atoms with Crippen molar-refractivity contribution >= 4 is 5.91 Å². The zero-order valence-electron chi connectivity index (χ0n) is 57.5. The molecule has 9 unspecified atom stereocenters. The quantitative estimate of drug-likeness (QED) is 0.0215. The van der Waals surface area contributed by atoms with Crippen LogP contribution in [0.3, 0.4) is 0 Å². The van der Waals surface area contributed by atoms with Gasteiger partial charge in [-0.2, -0.15) is 0 Å². The van der Waals surface area contributed by atoms with E-state index in [-0.39, 0.29) is 6.42 Å². The van der Waals surface area contributed by atoms with Gasteiger partial charge in [-0.15, -0.1) is 0 Å². The molecule has 0 aromatic rings. The summed E-state index contributed by atoms with van der Waals surface area (Å²) >= 11 is 0. The van der Waals surface area contributed by atoms with E-state index in [2.05, 4.69) is 31.3 Å². The van der Waals surface area contributed by atoms with Crippen LogP contribution in [0.4, 0.5) is 0 Å². The number of unbranched alkanes of at least 4 members (excludes halogenated alkanes) is 55. The maximum absolute atomic E-state index is 13.3. The van der Waals surface area contributed by atoms with E-state index >= 15 is 0 Å². The Morgan fingerprint density at radius 2 is 0.667 bits per heavy atom. The molecule has 0 aromatic carbocycles. The molecule has 0 bridgehead atoms. The summed E-state index contributed by atoms with van der Waals surface area (Å²) in [5.74, 6) is -0.688. The normalized spacial score (nSPS) is 18.7. The molecule has 1 amide bonds. The van der Waals surface area contributed by atoms with E-state index < -0.39 is 74.2 Å². The lowest BCUT2D eigenvalue weighted by Crippen LogP contribution is -2.60. The second-order valence-corrected chi connectivity index (χ2v) is 27.4. The van der Waals surface area contributed by atoms with Crippen molar-refractivity contribution in [2.24, 2.45) is 0 Å². The van der Waals surface area contributed by atoms with Gasteiger partial charge in [0.2, 0.25) is 5.91 Å². The van der Waals surface area contributed by atoms with Crippen LogP contribution < -0.4 is 5.32 Å². The molecular formula is C76H149NO10.